The molecule has 0 N–H and O–H groups in total. The molecular formula is C22H20N2O4S. The lowest BCUT2D eigenvalue weighted by molar-refractivity contribution is 0.298. The first-order chi connectivity index (χ1) is 14.1. The van der Waals surface area contributed by atoms with Gasteiger partial charge in [-0.25, -0.2) is 14.8 Å². The van der Waals surface area contributed by atoms with Crippen LogP contribution in [0.2, 0.25) is 0 Å². The maximum Gasteiger partial charge on any atom is 0.336 e. The standard InChI is InChI=1S/C22H20N2O4S/c1-12-3-5-16-18(7-12)29-22-20(16)21(23-11-24-22)27-10-13-8-19(25)28-17-9-14(26-2)4-6-15(13)17/h4,6,8-9,11-12H,3,5,7,10H2,1-2H3. The molecule has 0 radical (unpaired) electrons. The van der Waals surface area contributed by atoms with Crippen LogP contribution in [0.5, 0.6) is 11.6 Å². The second kappa shape index (κ2) is 7.15. The van der Waals surface area contributed by atoms with E-state index < -0.39 is 5.63 Å². The number of aryl methyl sites for hydroxylation is 1. The number of rotatable bonds is 4. The predicted octanol–water partition coefficient (Wildman–Crippen LogP) is 4.51. The molecule has 0 saturated heterocycles. The zero-order valence-corrected chi connectivity index (χ0v) is 17.0. The topological polar surface area (TPSA) is 74.5 Å². The number of benzene rings is 1. The Balaban J connectivity index is 1.52. The van der Waals surface area contributed by atoms with Crippen molar-refractivity contribution in [1.82, 2.24) is 9.97 Å². The van der Waals surface area contributed by atoms with Crippen molar-refractivity contribution in [1.29, 1.82) is 0 Å². The molecule has 4 aromatic rings. The first-order valence-corrected chi connectivity index (χ1v) is 10.4. The van der Waals surface area contributed by atoms with Crippen molar-refractivity contribution in [2.24, 2.45) is 5.92 Å². The molecule has 7 heteroatoms. The maximum absolute atomic E-state index is 12.0. The maximum atomic E-state index is 12.0. The summed E-state index contributed by atoms with van der Waals surface area (Å²) in [6.45, 7) is 2.51. The second-order valence-corrected chi connectivity index (χ2v) is 8.54. The molecule has 0 bridgehead atoms. The Morgan fingerprint density at radius 2 is 2.17 bits per heavy atom. The summed E-state index contributed by atoms with van der Waals surface area (Å²) in [4.78, 5) is 23.2. The van der Waals surface area contributed by atoms with Crippen LogP contribution >= 0.6 is 11.3 Å². The monoisotopic (exact) mass is 408 g/mol. The Bertz CT molecular complexity index is 1280. The van der Waals surface area contributed by atoms with E-state index in [9.17, 15) is 4.79 Å². The minimum Gasteiger partial charge on any atom is -0.497 e. The number of hydrogen-bond donors (Lipinski definition) is 0. The Labute approximate surface area is 171 Å². The van der Waals surface area contributed by atoms with Gasteiger partial charge in [-0.05, 0) is 42.9 Å². The number of hydrogen-bond acceptors (Lipinski definition) is 7. The van der Waals surface area contributed by atoms with E-state index in [1.807, 2.05) is 12.1 Å². The fraction of sp³-hybridized carbons (Fsp3) is 0.318. The zero-order valence-electron chi connectivity index (χ0n) is 16.2. The van der Waals surface area contributed by atoms with E-state index in [0.717, 1.165) is 34.0 Å². The van der Waals surface area contributed by atoms with Gasteiger partial charge in [0.05, 0.1) is 12.5 Å². The summed E-state index contributed by atoms with van der Waals surface area (Å²) in [7, 11) is 1.58. The van der Waals surface area contributed by atoms with Gasteiger partial charge in [0.25, 0.3) is 0 Å². The fourth-order valence-electron chi connectivity index (χ4n) is 3.96. The molecule has 6 nitrogen and oxygen atoms in total. The lowest BCUT2D eigenvalue weighted by Gasteiger charge is -2.18. The van der Waals surface area contributed by atoms with Crippen LogP contribution in [0.15, 0.2) is 39.8 Å². The third-order valence-corrected chi connectivity index (χ3v) is 6.62. The summed E-state index contributed by atoms with van der Waals surface area (Å²) in [5, 5.41) is 1.84. The lowest BCUT2D eigenvalue weighted by Crippen LogP contribution is -2.09. The van der Waals surface area contributed by atoms with Gasteiger partial charge >= 0.3 is 5.63 Å². The minimum absolute atomic E-state index is 0.224. The van der Waals surface area contributed by atoms with E-state index in [4.69, 9.17) is 13.9 Å². The van der Waals surface area contributed by atoms with Crippen LogP contribution in [0.4, 0.5) is 0 Å². The molecular weight excluding hydrogens is 388 g/mol. The van der Waals surface area contributed by atoms with E-state index in [0.29, 0.717) is 23.1 Å². The summed E-state index contributed by atoms with van der Waals surface area (Å²) in [6, 6.07) is 6.89. The highest BCUT2D eigenvalue weighted by molar-refractivity contribution is 7.18. The molecule has 0 fully saturated rings. The molecule has 0 saturated carbocycles. The Morgan fingerprint density at radius 3 is 3.03 bits per heavy atom. The van der Waals surface area contributed by atoms with Gasteiger partial charge in [0, 0.05) is 28.0 Å². The largest absolute Gasteiger partial charge is 0.497 e. The molecule has 1 aliphatic carbocycles. The van der Waals surface area contributed by atoms with Crippen molar-refractivity contribution in [3.05, 3.63) is 57.0 Å². The normalized spacial score (nSPS) is 16.1. The summed E-state index contributed by atoms with van der Waals surface area (Å²) in [6.07, 6.45) is 4.82. The number of ether oxygens (including phenoxy) is 2. The van der Waals surface area contributed by atoms with E-state index >= 15 is 0 Å². The molecule has 0 amide bonds. The van der Waals surface area contributed by atoms with Gasteiger partial charge in [-0.2, -0.15) is 0 Å². The van der Waals surface area contributed by atoms with Crippen molar-refractivity contribution in [2.45, 2.75) is 32.8 Å². The minimum atomic E-state index is -0.418. The smallest absolute Gasteiger partial charge is 0.336 e. The van der Waals surface area contributed by atoms with Crippen LogP contribution in [0.25, 0.3) is 21.2 Å². The van der Waals surface area contributed by atoms with Crippen molar-refractivity contribution < 1.29 is 13.9 Å². The molecule has 5 rings (SSSR count). The fourth-order valence-corrected chi connectivity index (χ4v) is 5.30. The summed E-state index contributed by atoms with van der Waals surface area (Å²) in [5.74, 6) is 1.91. The molecule has 1 atom stereocenters. The van der Waals surface area contributed by atoms with Crippen molar-refractivity contribution in [2.75, 3.05) is 7.11 Å². The van der Waals surface area contributed by atoms with Gasteiger partial charge in [-0.15, -0.1) is 11.3 Å². The number of aromatic nitrogens is 2. The average molecular weight is 408 g/mol. The molecule has 3 heterocycles. The molecule has 3 aromatic heterocycles. The predicted molar refractivity (Wildman–Crippen MR) is 112 cm³/mol. The van der Waals surface area contributed by atoms with Crippen molar-refractivity contribution in [3.63, 3.8) is 0 Å². The number of methoxy groups -OCH3 is 1. The Kier molecular flexibility index (Phi) is 4.47. The molecule has 29 heavy (non-hydrogen) atoms. The molecule has 1 aromatic carbocycles. The SMILES string of the molecule is COc1ccc2c(COc3ncnc4sc5c(c34)CCC(C)C5)cc(=O)oc2c1. The molecule has 0 aliphatic heterocycles. The number of thiophene rings is 1. The van der Waals surface area contributed by atoms with Gasteiger partial charge in [0.1, 0.15) is 29.1 Å². The second-order valence-electron chi connectivity index (χ2n) is 7.45. The first kappa shape index (κ1) is 18.1. The van der Waals surface area contributed by atoms with E-state index in [1.165, 1.54) is 22.9 Å². The van der Waals surface area contributed by atoms with Crippen LogP contribution in [0.3, 0.4) is 0 Å². The quantitative estimate of drug-likeness (QED) is 0.463. The first-order valence-electron chi connectivity index (χ1n) is 9.61. The Morgan fingerprint density at radius 1 is 1.28 bits per heavy atom. The lowest BCUT2D eigenvalue weighted by atomic mass is 9.89. The summed E-state index contributed by atoms with van der Waals surface area (Å²) >= 11 is 1.74. The van der Waals surface area contributed by atoms with Gasteiger partial charge in [-0.1, -0.05) is 6.92 Å². The molecule has 1 aliphatic rings. The van der Waals surface area contributed by atoms with E-state index in [2.05, 4.69) is 16.9 Å². The van der Waals surface area contributed by atoms with Crippen molar-refractivity contribution in [3.8, 4) is 11.6 Å². The van der Waals surface area contributed by atoms with Crippen LogP contribution in [-0.2, 0) is 19.4 Å². The van der Waals surface area contributed by atoms with Gasteiger partial charge in [0.2, 0.25) is 5.88 Å². The highest BCUT2D eigenvalue weighted by Crippen LogP contribution is 2.40. The van der Waals surface area contributed by atoms with Crippen molar-refractivity contribution >= 4 is 32.5 Å². The van der Waals surface area contributed by atoms with Crippen LogP contribution in [0, 0.1) is 5.92 Å². The zero-order chi connectivity index (χ0) is 20.0. The molecule has 148 valence electrons. The average Bonchev–Trinajstić information content (AvgIpc) is 3.09. The summed E-state index contributed by atoms with van der Waals surface area (Å²) < 4.78 is 16.7. The van der Waals surface area contributed by atoms with E-state index in [-0.39, 0.29) is 6.61 Å². The van der Waals surface area contributed by atoms with Gasteiger partial charge in [-0.3, -0.25) is 0 Å². The number of fused-ring (bicyclic) bond motifs is 4. The Hall–Kier alpha value is -2.93. The van der Waals surface area contributed by atoms with Crippen LogP contribution < -0.4 is 15.1 Å². The van der Waals surface area contributed by atoms with Crippen LogP contribution in [-0.4, -0.2) is 17.1 Å². The third kappa shape index (κ3) is 3.25. The molecule has 1 unspecified atom stereocenters. The van der Waals surface area contributed by atoms with Crippen LogP contribution in [0.1, 0.15) is 29.3 Å². The van der Waals surface area contributed by atoms with E-state index in [1.54, 1.807) is 30.8 Å². The summed E-state index contributed by atoms with van der Waals surface area (Å²) in [5.41, 5.74) is 2.13. The molecule has 0 spiro atoms. The highest BCUT2D eigenvalue weighted by atomic mass is 32.1. The number of nitrogens with zero attached hydrogens (tertiary/aromatic N) is 2. The van der Waals surface area contributed by atoms with Gasteiger partial charge < -0.3 is 13.9 Å². The van der Waals surface area contributed by atoms with Gasteiger partial charge in [0.15, 0.2) is 0 Å². The third-order valence-electron chi connectivity index (χ3n) is 5.46. The highest BCUT2D eigenvalue weighted by Gasteiger charge is 2.23.